The van der Waals surface area contributed by atoms with E-state index in [2.05, 4.69) is 29.6 Å². The van der Waals surface area contributed by atoms with Gasteiger partial charge in [-0.15, -0.1) is 0 Å². The molecule has 0 spiro atoms. The average molecular weight is 270 g/mol. The average Bonchev–Trinajstić information content (AvgIpc) is 2.96. The van der Waals surface area contributed by atoms with Crippen molar-refractivity contribution in [1.82, 2.24) is 5.32 Å². The van der Waals surface area contributed by atoms with E-state index >= 15 is 0 Å². The van der Waals surface area contributed by atoms with Crippen molar-refractivity contribution in [1.29, 1.82) is 0 Å². The first-order chi connectivity index (χ1) is 9.74. The molecule has 106 valence electrons. The molecule has 4 rings (SSSR count). The summed E-state index contributed by atoms with van der Waals surface area (Å²) in [6.45, 7) is 0. The molecule has 3 aliphatic rings. The van der Waals surface area contributed by atoms with Crippen molar-refractivity contribution >= 4 is 5.91 Å². The fourth-order valence-corrected chi connectivity index (χ4v) is 4.30. The highest BCUT2D eigenvalue weighted by molar-refractivity contribution is 5.80. The molecule has 0 heterocycles. The molecular weight excluding hydrogens is 248 g/mol. The van der Waals surface area contributed by atoms with Crippen LogP contribution in [-0.2, 0) is 11.2 Å². The summed E-state index contributed by atoms with van der Waals surface area (Å²) in [5, 5.41) is 3.29. The van der Waals surface area contributed by atoms with Crippen LogP contribution in [0.1, 0.15) is 42.7 Å². The van der Waals surface area contributed by atoms with Gasteiger partial charge in [0.25, 0.3) is 0 Å². The summed E-state index contributed by atoms with van der Waals surface area (Å²) in [7, 11) is 0. The number of benzene rings is 1. The molecule has 0 radical (unpaired) electrons. The summed E-state index contributed by atoms with van der Waals surface area (Å²) in [6, 6.07) is 9.28. The van der Waals surface area contributed by atoms with Gasteiger partial charge in [0.1, 0.15) is 0 Å². The van der Waals surface area contributed by atoms with Crippen LogP contribution < -0.4 is 11.1 Å². The lowest BCUT2D eigenvalue weighted by Gasteiger charge is -2.26. The lowest BCUT2D eigenvalue weighted by Crippen LogP contribution is -2.39. The predicted molar refractivity (Wildman–Crippen MR) is 78.2 cm³/mol. The van der Waals surface area contributed by atoms with Gasteiger partial charge in [-0.05, 0) is 42.7 Å². The molecule has 5 unspecified atom stereocenters. The first-order valence-corrected chi connectivity index (χ1v) is 7.88. The van der Waals surface area contributed by atoms with Crippen LogP contribution in [-0.4, -0.2) is 18.0 Å². The third-order valence-electron chi connectivity index (χ3n) is 5.43. The molecule has 0 saturated heterocycles. The minimum absolute atomic E-state index is 0.148. The Hall–Kier alpha value is -1.35. The number of carbonyl (C=O) groups is 1. The van der Waals surface area contributed by atoms with Crippen LogP contribution >= 0.6 is 0 Å². The van der Waals surface area contributed by atoms with Gasteiger partial charge in [-0.2, -0.15) is 0 Å². The van der Waals surface area contributed by atoms with E-state index in [9.17, 15) is 4.79 Å². The second-order valence-corrected chi connectivity index (χ2v) is 6.75. The molecule has 0 aromatic heterocycles. The Labute approximate surface area is 119 Å². The largest absolute Gasteiger partial charge is 0.352 e. The maximum absolute atomic E-state index is 12.4. The summed E-state index contributed by atoms with van der Waals surface area (Å²) in [5.41, 5.74) is 8.93. The van der Waals surface area contributed by atoms with Crippen LogP contribution in [0.4, 0.5) is 0 Å². The highest BCUT2D eigenvalue weighted by Crippen LogP contribution is 2.56. The van der Waals surface area contributed by atoms with Crippen molar-refractivity contribution in [3.05, 3.63) is 35.4 Å². The molecule has 1 aromatic rings. The molecule has 0 bridgehead atoms. The van der Waals surface area contributed by atoms with Gasteiger partial charge in [-0.25, -0.2) is 0 Å². The van der Waals surface area contributed by atoms with Crippen molar-refractivity contribution in [3.8, 4) is 0 Å². The van der Waals surface area contributed by atoms with Gasteiger partial charge in [-0.1, -0.05) is 30.7 Å². The lowest BCUT2D eigenvalue weighted by atomic mass is 9.85. The quantitative estimate of drug-likeness (QED) is 0.863. The van der Waals surface area contributed by atoms with Gasteiger partial charge >= 0.3 is 0 Å². The van der Waals surface area contributed by atoms with Crippen LogP contribution in [0.15, 0.2) is 24.3 Å². The molecule has 0 aliphatic heterocycles. The van der Waals surface area contributed by atoms with Crippen LogP contribution in [0.25, 0.3) is 0 Å². The first-order valence-electron chi connectivity index (χ1n) is 7.88. The Bertz CT molecular complexity index is 542. The van der Waals surface area contributed by atoms with Gasteiger partial charge in [0.2, 0.25) is 5.91 Å². The van der Waals surface area contributed by atoms with E-state index in [1.807, 2.05) is 0 Å². The Balaban J connectivity index is 1.39. The number of hydrogen-bond donors (Lipinski definition) is 2. The number of fused-ring (bicyclic) bond motifs is 3. The molecule has 1 amide bonds. The minimum atomic E-state index is 0.148. The standard InChI is InChI=1S/C17H22N2O/c18-12-6-3-5-11(8-12)17(20)19-16-14-9-10-4-1-2-7-13(10)15(14)16/h1-2,4,7,11-12,14-16H,3,5-6,8-9,18H2,(H,19,20). The summed E-state index contributed by atoms with van der Waals surface area (Å²) < 4.78 is 0. The van der Waals surface area contributed by atoms with Crippen molar-refractivity contribution in [2.24, 2.45) is 17.6 Å². The second kappa shape index (κ2) is 4.59. The minimum Gasteiger partial charge on any atom is -0.352 e. The Morgan fingerprint density at radius 2 is 2.10 bits per heavy atom. The van der Waals surface area contributed by atoms with Crippen molar-refractivity contribution in [2.45, 2.75) is 50.1 Å². The molecular formula is C17H22N2O. The van der Waals surface area contributed by atoms with Crippen LogP contribution in [0, 0.1) is 11.8 Å². The molecule has 3 heteroatoms. The zero-order chi connectivity index (χ0) is 13.7. The zero-order valence-corrected chi connectivity index (χ0v) is 11.7. The van der Waals surface area contributed by atoms with E-state index in [0.29, 0.717) is 17.9 Å². The van der Waals surface area contributed by atoms with Gasteiger partial charge in [-0.3, -0.25) is 4.79 Å². The highest BCUT2D eigenvalue weighted by Gasteiger charge is 2.56. The normalized spacial score (nSPS) is 38.0. The van der Waals surface area contributed by atoms with E-state index in [1.54, 1.807) is 0 Å². The molecule has 3 N–H and O–H groups in total. The maximum Gasteiger partial charge on any atom is 0.223 e. The van der Waals surface area contributed by atoms with Crippen molar-refractivity contribution in [2.75, 3.05) is 0 Å². The molecule has 3 aliphatic carbocycles. The van der Waals surface area contributed by atoms with Gasteiger partial charge < -0.3 is 11.1 Å². The molecule has 2 saturated carbocycles. The first kappa shape index (κ1) is 12.4. The third kappa shape index (κ3) is 1.96. The van der Waals surface area contributed by atoms with Crippen LogP contribution in [0.2, 0.25) is 0 Å². The molecule has 2 fully saturated rings. The SMILES string of the molecule is NC1CCCC(C(=O)NC2C3Cc4ccccc4C32)C1. The summed E-state index contributed by atoms with van der Waals surface area (Å²) >= 11 is 0. The van der Waals surface area contributed by atoms with E-state index in [1.165, 1.54) is 11.1 Å². The number of nitrogens with one attached hydrogen (secondary N) is 1. The van der Waals surface area contributed by atoms with E-state index in [4.69, 9.17) is 5.73 Å². The fraction of sp³-hybridized carbons (Fsp3) is 0.588. The van der Waals surface area contributed by atoms with Crippen molar-refractivity contribution in [3.63, 3.8) is 0 Å². The molecule has 5 atom stereocenters. The Kier molecular flexibility index (Phi) is 2.84. The number of carbonyl (C=O) groups excluding carboxylic acids is 1. The summed E-state index contributed by atoms with van der Waals surface area (Å²) in [4.78, 5) is 12.4. The third-order valence-corrected chi connectivity index (χ3v) is 5.43. The predicted octanol–water partition coefficient (Wildman–Crippen LogP) is 1.96. The Morgan fingerprint density at radius 1 is 1.25 bits per heavy atom. The van der Waals surface area contributed by atoms with E-state index < -0.39 is 0 Å². The monoisotopic (exact) mass is 270 g/mol. The van der Waals surface area contributed by atoms with E-state index in [-0.39, 0.29) is 17.9 Å². The maximum atomic E-state index is 12.4. The summed E-state index contributed by atoms with van der Waals surface area (Å²) in [6.07, 6.45) is 5.18. The number of nitrogens with two attached hydrogens (primary N) is 1. The smallest absolute Gasteiger partial charge is 0.223 e. The van der Waals surface area contributed by atoms with E-state index in [0.717, 1.165) is 32.1 Å². The number of amides is 1. The topological polar surface area (TPSA) is 55.1 Å². The Morgan fingerprint density at radius 3 is 2.95 bits per heavy atom. The molecule has 3 nitrogen and oxygen atoms in total. The van der Waals surface area contributed by atoms with Crippen LogP contribution in [0.5, 0.6) is 0 Å². The number of hydrogen-bond acceptors (Lipinski definition) is 2. The van der Waals surface area contributed by atoms with Gasteiger partial charge in [0.15, 0.2) is 0 Å². The van der Waals surface area contributed by atoms with Crippen LogP contribution in [0.3, 0.4) is 0 Å². The molecule has 20 heavy (non-hydrogen) atoms. The second-order valence-electron chi connectivity index (χ2n) is 6.75. The van der Waals surface area contributed by atoms with Gasteiger partial charge in [0, 0.05) is 23.9 Å². The van der Waals surface area contributed by atoms with Crippen molar-refractivity contribution < 1.29 is 4.79 Å². The van der Waals surface area contributed by atoms with Gasteiger partial charge in [0.05, 0.1) is 0 Å². The summed E-state index contributed by atoms with van der Waals surface area (Å²) in [5.74, 6) is 1.62. The number of rotatable bonds is 2. The highest BCUT2D eigenvalue weighted by atomic mass is 16.2. The fourth-order valence-electron chi connectivity index (χ4n) is 4.30. The zero-order valence-electron chi connectivity index (χ0n) is 11.7. The lowest BCUT2D eigenvalue weighted by molar-refractivity contribution is -0.126. The molecule has 1 aromatic carbocycles.